The first kappa shape index (κ1) is 17.3. The summed E-state index contributed by atoms with van der Waals surface area (Å²) in [6.07, 6.45) is -3.31. The first-order valence-corrected chi connectivity index (χ1v) is 7.25. The van der Waals surface area contributed by atoms with Crippen molar-refractivity contribution in [2.24, 2.45) is 7.05 Å². The summed E-state index contributed by atoms with van der Waals surface area (Å²) >= 11 is 3.19. The van der Waals surface area contributed by atoms with Crippen molar-refractivity contribution in [3.8, 4) is 5.75 Å². The Hall–Kier alpha value is -2.03. The monoisotopic (exact) mass is 391 g/mol. The molecule has 0 spiro atoms. The molecule has 0 aliphatic heterocycles. The van der Waals surface area contributed by atoms with E-state index in [9.17, 15) is 18.0 Å². The third-order valence-corrected chi connectivity index (χ3v) is 3.82. The SMILES string of the molecule is CN(Cc1ccccc1OC(F)(F)F)c1cnn(C)c(=O)c1Br. The number of nitrogens with zero attached hydrogens (tertiary/aromatic N) is 3. The molecule has 1 aromatic carbocycles. The molecule has 0 radical (unpaired) electrons. The molecule has 0 saturated heterocycles. The molecule has 0 atom stereocenters. The van der Waals surface area contributed by atoms with Crippen molar-refractivity contribution in [2.75, 3.05) is 11.9 Å². The fraction of sp³-hybridized carbons (Fsp3) is 0.286. The van der Waals surface area contributed by atoms with E-state index in [-0.39, 0.29) is 22.3 Å². The third-order valence-electron chi connectivity index (χ3n) is 3.08. The number of ether oxygens (including phenoxy) is 1. The van der Waals surface area contributed by atoms with Crippen LogP contribution in [0.4, 0.5) is 18.9 Å². The predicted octanol–water partition coefficient (Wildman–Crippen LogP) is 3.08. The van der Waals surface area contributed by atoms with E-state index in [1.807, 2.05) is 0 Å². The van der Waals surface area contributed by atoms with E-state index < -0.39 is 6.36 Å². The summed E-state index contributed by atoms with van der Waals surface area (Å²) in [6.45, 7) is 0.111. The number of alkyl halides is 3. The van der Waals surface area contributed by atoms with Crippen LogP contribution in [0, 0.1) is 0 Å². The van der Waals surface area contributed by atoms with Gasteiger partial charge in [0.1, 0.15) is 10.2 Å². The molecule has 5 nitrogen and oxygen atoms in total. The topological polar surface area (TPSA) is 47.4 Å². The molecule has 0 amide bonds. The number of aryl methyl sites for hydroxylation is 1. The van der Waals surface area contributed by atoms with E-state index in [0.29, 0.717) is 11.3 Å². The highest BCUT2D eigenvalue weighted by Gasteiger charge is 2.32. The number of hydrogen-bond donors (Lipinski definition) is 0. The molecular formula is C14H13BrF3N3O2. The fourth-order valence-electron chi connectivity index (χ4n) is 1.97. The highest BCUT2D eigenvalue weighted by Crippen LogP contribution is 2.29. The Labute approximate surface area is 138 Å². The molecule has 0 unspecified atom stereocenters. The molecule has 0 saturated carbocycles. The van der Waals surface area contributed by atoms with Crippen LogP contribution in [-0.4, -0.2) is 23.2 Å². The quantitative estimate of drug-likeness (QED) is 0.803. The van der Waals surface area contributed by atoms with Crippen molar-refractivity contribution in [3.05, 3.63) is 50.9 Å². The number of benzene rings is 1. The highest BCUT2D eigenvalue weighted by molar-refractivity contribution is 9.10. The van der Waals surface area contributed by atoms with Crippen LogP contribution in [0.2, 0.25) is 0 Å². The number of aromatic nitrogens is 2. The lowest BCUT2D eigenvalue weighted by Gasteiger charge is -2.22. The van der Waals surface area contributed by atoms with Crippen molar-refractivity contribution < 1.29 is 17.9 Å². The molecule has 0 bridgehead atoms. The first-order chi connectivity index (χ1) is 10.7. The van der Waals surface area contributed by atoms with Gasteiger partial charge < -0.3 is 9.64 Å². The van der Waals surface area contributed by atoms with Crippen molar-refractivity contribution in [2.45, 2.75) is 12.9 Å². The second-order valence-corrected chi connectivity index (χ2v) is 5.58. The summed E-state index contributed by atoms with van der Waals surface area (Å²) in [4.78, 5) is 13.5. The Kier molecular flexibility index (Phi) is 4.98. The van der Waals surface area contributed by atoms with Gasteiger partial charge in [0.05, 0.1) is 11.9 Å². The Morgan fingerprint density at radius 1 is 1.35 bits per heavy atom. The highest BCUT2D eigenvalue weighted by atomic mass is 79.9. The summed E-state index contributed by atoms with van der Waals surface area (Å²) in [5.41, 5.74) is 0.462. The standard InChI is InChI=1S/C14H13BrF3N3O2/c1-20(10-7-19-21(2)13(22)12(10)15)8-9-5-3-4-6-11(9)23-14(16,17)18/h3-7H,8H2,1-2H3. The average molecular weight is 392 g/mol. The molecule has 0 N–H and O–H groups in total. The van der Waals surface area contributed by atoms with Crippen LogP contribution in [0.15, 0.2) is 39.7 Å². The normalized spacial score (nSPS) is 11.4. The Morgan fingerprint density at radius 3 is 2.65 bits per heavy atom. The molecule has 0 aliphatic carbocycles. The van der Waals surface area contributed by atoms with Crippen LogP contribution >= 0.6 is 15.9 Å². The molecule has 2 rings (SSSR count). The second kappa shape index (κ2) is 6.61. The smallest absolute Gasteiger partial charge is 0.405 e. The fourth-order valence-corrected chi connectivity index (χ4v) is 2.63. The van der Waals surface area contributed by atoms with Gasteiger partial charge in [0.2, 0.25) is 0 Å². The van der Waals surface area contributed by atoms with Crippen LogP contribution in [0.5, 0.6) is 5.75 Å². The van der Waals surface area contributed by atoms with Gasteiger partial charge in [-0.1, -0.05) is 18.2 Å². The molecule has 23 heavy (non-hydrogen) atoms. The Balaban J connectivity index is 2.29. The third kappa shape index (κ3) is 4.25. The van der Waals surface area contributed by atoms with E-state index in [2.05, 4.69) is 25.8 Å². The van der Waals surface area contributed by atoms with E-state index in [0.717, 1.165) is 4.68 Å². The van der Waals surface area contributed by atoms with Gasteiger partial charge in [-0.05, 0) is 22.0 Å². The Morgan fingerprint density at radius 2 is 2.00 bits per heavy atom. The summed E-state index contributed by atoms with van der Waals surface area (Å²) in [7, 11) is 3.15. The van der Waals surface area contributed by atoms with Crippen molar-refractivity contribution >= 4 is 21.6 Å². The molecule has 1 aromatic heterocycles. The molecule has 9 heteroatoms. The van der Waals surface area contributed by atoms with Crippen molar-refractivity contribution in [1.29, 1.82) is 0 Å². The summed E-state index contributed by atoms with van der Waals surface area (Å²) in [5.74, 6) is -0.278. The largest absolute Gasteiger partial charge is 0.573 e. The lowest BCUT2D eigenvalue weighted by Crippen LogP contribution is -2.26. The minimum absolute atomic E-state index is 0.111. The second-order valence-electron chi connectivity index (χ2n) is 4.78. The minimum Gasteiger partial charge on any atom is -0.405 e. The van der Waals surface area contributed by atoms with Crippen LogP contribution in [0.1, 0.15) is 5.56 Å². The summed E-state index contributed by atoms with van der Waals surface area (Å²) in [5, 5.41) is 3.91. The number of para-hydroxylation sites is 1. The molecule has 1 heterocycles. The first-order valence-electron chi connectivity index (χ1n) is 6.45. The maximum atomic E-state index is 12.4. The number of hydrogen-bond acceptors (Lipinski definition) is 4. The van der Waals surface area contributed by atoms with Gasteiger partial charge in [-0.3, -0.25) is 4.79 Å². The zero-order chi connectivity index (χ0) is 17.2. The maximum absolute atomic E-state index is 12.4. The summed E-state index contributed by atoms with van der Waals surface area (Å²) < 4.78 is 42.8. The summed E-state index contributed by atoms with van der Waals surface area (Å²) in [6, 6.07) is 5.85. The van der Waals surface area contributed by atoms with Crippen LogP contribution in [-0.2, 0) is 13.6 Å². The number of rotatable bonds is 4. The van der Waals surface area contributed by atoms with Gasteiger partial charge in [0.15, 0.2) is 0 Å². The van der Waals surface area contributed by atoms with Gasteiger partial charge >= 0.3 is 6.36 Å². The van der Waals surface area contributed by atoms with Gasteiger partial charge in [0, 0.05) is 26.2 Å². The van der Waals surface area contributed by atoms with Crippen molar-refractivity contribution in [3.63, 3.8) is 0 Å². The molecule has 0 fully saturated rings. The molecule has 0 aliphatic rings. The predicted molar refractivity (Wildman–Crippen MR) is 82.4 cm³/mol. The van der Waals surface area contributed by atoms with E-state index >= 15 is 0 Å². The van der Waals surface area contributed by atoms with Crippen LogP contribution < -0.4 is 15.2 Å². The van der Waals surface area contributed by atoms with Crippen LogP contribution in [0.3, 0.4) is 0 Å². The number of halogens is 4. The van der Waals surface area contributed by atoms with Gasteiger partial charge in [-0.25, -0.2) is 4.68 Å². The van der Waals surface area contributed by atoms with E-state index in [1.165, 1.54) is 31.4 Å². The van der Waals surface area contributed by atoms with E-state index in [4.69, 9.17) is 0 Å². The zero-order valence-electron chi connectivity index (χ0n) is 12.3. The number of anilines is 1. The Bertz CT molecular complexity index is 762. The van der Waals surface area contributed by atoms with Gasteiger partial charge in [-0.2, -0.15) is 5.10 Å². The molecule has 2 aromatic rings. The lowest BCUT2D eigenvalue weighted by molar-refractivity contribution is -0.274. The van der Waals surface area contributed by atoms with Crippen molar-refractivity contribution in [1.82, 2.24) is 9.78 Å². The lowest BCUT2D eigenvalue weighted by atomic mass is 10.2. The van der Waals surface area contributed by atoms with Gasteiger partial charge in [-0.15, -0.1) is 13.2 Å². The van der Waals surface area contributed by atoms with Gasteiger partial charge in [0.25, 0.3) is 5.56 Å². The molecule has 124 valence electrons. The van der Waals surface area contributed by atoms with Crippen LogP contribution in [0.25, 0.3) is 0 Å². The molecular weight excluding hydrogens is 379 g/mol. The van der Waals surface area contributed by atoms with E-state index in [1.54, 1.807) is 18.0 Å². The minimum atomic E-state index is -4.76. The maximum Gasteiger partial charge on any atom is 0.573 e. The zero-order valence-corrected chi connectivity index (χ0v) is 13.8. The average Bonchev–Trinajstić information content (AvgIpc) is 2.45.